The molecule has 2 rings (SSSR count). The zero-order chi connectivity index (χ0) is 10.8. The van der Waals surface area contributed by atoms with Gasteiger partial charge in [-0.1, -0.05) is 0 Å². The number of nitrogens with one attached hydrogen (secondary N) is 1. The van der Waals surface area contributed by atoms with Gasteiger partial charge in [0.2, 0.25) is 0 Å². The van der Waals surface area contributed by atoms with Gasteiger partial charge in [0.25, 0.3) is 0 Å². The number of rotatable bonds is 2. The van der Waals surface area contributed by atoms with E-state index in [2.05, 4.69) is 15.3 Å². The molecule has 0 fully saturated rings. The highest BCUT2D eigenvalue weighted by Gasteiger charge is 2.18. The van der Waals surface area contributed by atoms with Gasteiger partial charge in [0.05, 0.1) is 17.8 Å². The van der Waals surface area contributed by atoms with Crippen molar-refractivity contribution in [1.29, 1.82) is 0 Å². The maximum atomic E-state index is 9.93. The van der Waals surface area contributed by atoms with Crippen molar-refractivity contribution < 1.29 is 5.11 Å². The summed E-state index contributed by atoms with van der Waals surface area (Å²) >= 11 is 0. The van der Waals surface area contributed by atoms with Gasteiger partial charge < -0.3 is 16.2 Å². The van der Waals surface area contributed by atoms with E-state index in [1.165, 1.54) is 0 Å². The van der Waals surface area contributed by atoms with Crippen molar-refractivity contribution in [3.63, 3.8) is 0 Å². The molecule has 1 aliphatic rings. The molecule has 0 atom stereocenters. The van der Waals surface area contributed by atoms with Crippen LogP contribution < -0.4 is 11.1 Å². The lowest BCUT2D eigenvalue weighted by Crippen LogP contribution is -2.22. The predicted molar refractivity (Wildman–Crippen MR) is 57.9 cm³/mol. The van der Waals surface area contributed by atoms with Crippen molar-refractivity contribution in [2.75, 3.05) is 13.1 Å². The van der Waals surface area contributed by atoms with E-state index >= 15 is 0 Å². The summed E-state index contributed by atoms with van der Waals surface area (Å²) in [4.78, 5) is 8.35. The lowest BCUT2D eigenvalue weighted by molar-refractivity contribution is 0.465. The molecule has 0 spiro atoms. The van der Waals surface area contributed by atoms with Crippen molar-refractivity contribution in [2.45, 2.75) is 13.5 Å². The van der Waals surface area contributed by atoms with Crippen LogP contribution in [0.3, 0.4) is 0 Å². The third-order valence-electron chi connectivity index (χ3n) is 2.45. The maximum absolute atomic E-state index is 9.93. The number of aromatic nitrogens is 1. The zero-order valence-corrected chi connectivity index (χ0v) is 8.62. The van der Waals surface area contributed by atoms with Crippen molar-refractivity contribution in [2.24, 2.45) is 10.7 Å². The van der Waals surface area contributed by atoms with E-state index in [9.17, 15) is 5.11 Å². The largest absolute Gasteiger partial charge is 0.505 e. The third-order valence-corrected chi connectivity index (χ3v) is 2.45. The maximum Gasteiger partial charge on any atom is 0.148 e. The smallest absolute Gasteiger partial charge is 0.148 e. The van der Waals surface area contributed by atoms with Crippen molar-refractivity contribution >= 4 is 5.84 Å². The summed E-state index contributed by atoms with van der Waals surface area (Å²) in [6.45, 7) is 3.64. The molecule has 0 saturated heterocycles. The Hall–Kier alpha value is -1.62. The summed E-state index contributed by atoms with van der Waals surface area (Å²) in [6, 6.07) is 0. The Morgan fingerprint density at radius 3 is 3.00 bits per heavy atom. The van der Waals surface area contributed by atoms with Crippen LogP contribution in [0, 0.1) is 6.92 Å². The summed E-state index contributed by atoms with van der Waals surface area (Å²) in [5.41, 5.74) is 7.71. The van der Waals surface area contributed by atoms with Crippen LogP contribution in [0.5, 0.6) is 5.75 Å². The molecule has 1 aromatic rings. The van der Waals surface area contributed by atoms with Crippen LogP contribution in [-0.4, -0.2) is 29.0 Å². The number of amidine groups is 1. The third kappa shape index (κ3) is 1.66. The Morgan fingerprint density at radius 1 is 1.60 bits per heavy atom. The van der Waals surface area contributed by atoms with E-state index in [0.29, 0.717) is 17.8 Å². The quantitative estimate of drug-likeness (QED) is 0.631. The first kappa shape index (κ1) is 9.92. The molecule has 15 heavy (non-hydrogen) atoms. The molecule has 1 aromatic heterocycles. The average molecular weight is 206 g/mol. The molecule has 4 N–H and O–H groups in total. The van der Waals surface area contributed by atoms with E-state index in [1.54, 1.807) is 13.1 Å². The molecule has 0 saturated carbocycles. The van der Waals surface area contributed by atoms with Gasteiger partial charge in [-0.15, -0.1) is 0 Å². The van der Waals surface area contributed by atoms with Crippen LogP contribution in [-0.2, 0) is 6.54 Å². The van der Waals surface area contributed by atoms with Gasteiger partial charge in [-0.2, -0.15) is 0 Å². The lowest BCUT2D eigenvalue weighted by atomic mass is 10.1. The van der Waals surface area contributed by atoms with Gasteiger partial charge >= 0.3 is 0 Å². The Balaban J connectivity index is 2.55. The van der Waals surface area contributed by atoms with Crippen LogP contribution in [0.1, 0.15) is 16.8 Å². The molecular weight excluding hydrogens is 192 g/mol. The van der Waals surface area contributed by atoms with Gasteiger partial charge in [-0.25, -0.2) is 0 Å². The second kappa shape index (κ2) is 3.86. The van der Waals surface area contributed by atoms with E-state index in [4.69, 9.17) is 5.73 Å². The fourth-order valence-corrected chi connectivity index (χ4v) is 1.62. The summed E-state index contributed by atoms with van der Waals surface area (Å²) in [7, 11) is 0. The van der Waals surface area contributed by atoms with Crippen LogP contribution in [0.25, 0.3) is 0 Å². The van der Waals surface area contributed by atoms with Gasteiger partial charge in [0.1, 0.15) is 11.6 Å². The van der Waals surface area contributed by atoms with Crippen LogP contribution in [0.4, 0.5) is 0 Å². The van der Waals surface area contributed by atoms with E-state index in [1.807, 2.05) is 0 Å². The number of aromatic hydroxyl groups is 1. The first-order valence-corrected chi connectivity index (χ1v) is 4.90. The summed E-state index contributed by atoms with van der Waals surface area (Å²) in [5, 5.41) is 13.1. The first-order chi connectivity index (χ1) is 7.24. The molecule has 80 valence electrons. The Labute approximate surface area is 88.0 Å². The number of aryl methyl sites for hydroxylation is 1. The highest BCUT2D eigenvalue weighted by Crippen LogP contribution is 2.24. The highest BCUT2D eigenvalue weighted by molar-refractivity contribution is 6.03. The summed E-state index contributed by atoms with van der Waals surface area (Å²) in [6.07, 6.45) is 1.69. The molecule has 0 unspecified atom stereocenters. The lowest BCUT2D eigenvalue weighted by Gasteiger charge is -2.11. The predicted octanol–water partition coefficient (Wildman–Crippen LogP) is -0.0959. The number of pyridine rings is 1. The zero-order valence-electron chi connectivity index (χ0n) is 8.62. The van der Waals surface area contributed by atoms with Gasteiger partial charge in [0, 0.05) is 19.3 Å². The average Bonchev–Trinajstić information content (AvgIpc) is 2.75. The molecular formula is C10H14N4O. The summed E-state index contributed by atoms with van der Waals surface area (Å²) in [5.74, 6) is 0.893. The van der Waals surface area contributed by atoms with Gasteiger partial charge in [0.15, 0.2) is 0 Å². The fourth-order valence-electron chi connectivity index (χ4n) is 1.62. The minimum absolute atomic E-state index is 0.172. The van der Waals surface area contributed by atoms with Crippen LogP contribution in [0.15, 0.2) is 11.2 Å². The second-order valence-corrected chi connectivity index (χ2v) is 3.45. The molecule has 1 aliphatic heterocycles. The molecule has 0 aliphatic carbocycles. The van der Waals surface area contributed by atoms with Gasteiger partial charge in [-0.3, -0.25) is 9.98 Å². The van der Waals surface area contributed by atoms with Crippen molar-refractivity contribution in [1.82, 2.24) is 10.3 Å². The van der Waals surface area contributed by atoms with Crippen LogP contribution >= 0.6 is 0 Å². The fraction of sp³-hybridized carbons (Fsp3) is 0.400. The topological polar surface area (TPSA) is 83.5 Å². The molecule has 0 radical (unpaired) electrons. The Bertz CT molecular complexity index is 414. The normalized spacial score (nSPS) is 14.9. The molecule has 0 bridgehead atoms. The molecule has 2 heterocycles. The Morgan fingerprint density at radius 2 is 2.40 bits per heavy atom. The molecule has 5 heteroatoms. The molecule has 0 amide bonds. The summed E-state index contributed by atoms with van der Waals surface area (Å²) < 4.78 is 0. The Kier molecular flexibility index (Phi) is 2.55. The van der Waals surface area contributed by atoms with Crippen molar-refractivity contribution in [3.8, 4) is 5.75 Å². The SMILES string of the molecule is Cc1ncc(CN)c(C2=NCCN2)c1O. The van der Waals surface area contributed by atoms with E-state index < -0.39 is 0 Å². The van der Waals surface area contributed by atoms with Crippen LogP contribution in [0.2, 0.25) is 0 Å². The number of hydrogen-bond donors (Lipinski definition) is 3. The first-order valence-electron chi connectivity index (χ1n) is 4.90. The number of nitrogens with two attached hydrogens (primary N) is 1. The highest BCUT2D eigenvalue weighted by atomic mass is 16.3. The number of aliphatic imine (C=N–C) groups is 1. The number of hydrogen-bond acceptors (Lipinski definition) is 5. The monoisotopic (exact) mass is 206 g/mol. The second-order valence-electron chi connectivity index (χ2n) is 3.45. The number of nitrogens with zero attached hydrogens (tertiary/aromatic N) is 2. The standard InChI is InChI=1S/C10H14N4O/c1-6-9(15)8(7(4-11)5-14-6)10-12-2-3-13-10/h5,15H,2-4,11H2,1H3,(H,12,13). The van der Waals surface area contributed by atoms with E-state index in [-0.39, 0.29) is 5.75 Å². The minimum Gasteiger partial charge on any atom is -0.505 e. The molecule has 0 aromatic carbocycles. The molecule has 5 nitrogen and oxygen atoms in total. The van der Waals surface area contributed by atoms with Crippen molar-refractivity contribution in [3.05, 3.63) is 23.0 Å². The minimum atomic E-state index is 0.172. The van der Waals surface area contributed by atoms with E-state index in [0.717, 1.165) is 24.5 Å². The van der Waals surface area contributed by atoms with Gasteiger partial charge in [-0.05, 0) is 12.5 Å².